The molecule has 6 heteroatoms. The van der Waals surface area contributed by atoms with Gasteiger partial charge in [0, 0.05) is 36.8 Å². The van der Waals surface area contributed by atoms with Gasteiger partial charge in [-0.3, -0.25) is 4.79 Å². The van der Waals surface area contributed by atoms with Gasteiger partial charge in [0.15, 0.2) is 11.0 Å². The van der Waals surface area contributed by atoms with Gasteiger partial charge in [-0.2, -0.15) is 0 Å². The number of piperidine rings is 1. The molecule has 0 atom stereocenters. The molecule has 0 aliphatic carbocycles. The Morgan fingerprint density at radius 1 is 1.24 bits per heavy atom. The number of fused-ring (bicyclic) bond motifs is 1. The predicted octanol–water partition coefficient (Wildman–Crippen LogP) is 2.25. The van der Waals surface area contributed by atoms with Crippen LogP contribution in [0.3, 0.4) is 0 Å². The maximum Gasteiger partial charge on any atom is 0.222 e. The molecule has 1 fully saturated rings. The minimum absolute atomic E-state index is 0.0952. The molecule has 110 valence electrons. The highest BCUT2D eigenvalue weighted by atomic mass is 35.5. The zero-order chi connectivity index (χ0) is 14.8. The van der Waals surface area contributed by atoms with Gasteiger partial charge in [-0.15, -0.1) is 10.2 Å². The highest BCUT2D eigenvalue weighted by Crippen LogP contribution is 2.30. The maximum atomic E-state index is 11.7. The molecule has 3 rings (SSSR count). The average molecular weight is 305 g/mol. The lowest BCUT2D eigenvalue weighted by Gasteiger charge is -2.32. The zero-order valence-corrected chi connectivity index (χ0v) is 12.6. The fraction of sp³-hybridized carbons (Fsp3) is 0.400. The second kappa shape index (κ2) is 5.85. The van der Waals surface area contributed by atoms with E-state index in [9.17, 15) is 4.79 Å². The quantitative estimate of drug-likeness (QED) is 0.924. The summed E-state index contributed by atoms with van der Waals surface area (Å²) in [5, 5.41) is 13.4. The van der Waals surface area contributed by atoms with E-state index in [2.05, 4.69) is 20.4 Å². The molecule has 2 aromatic rings. The summed E-state index contributed by atoms with van der Waals surface area (Å²) in [5.74, 6) is 1.07. The Morgan fingerprint density at radius 2 is 1.90 bits per heavy atom. The molecule has 0 bridgehead atoms. The first-order valence-corrected chi connectivity index (χ1v) is 7.46. The molecular formula is C15H17ClN4O. The van der Waals surface area contributed by atoms with Crippen LogP contribution in [0.25, 0.3) is 10.8 Å². The van der Waals surface area contributed by atoms with E-state index in [4.69, 9.17) is 11.6 Å². The van der Waals surface area contributed by atoms with Crippen LogP contribution in [0.4, 0.5) is 5.82 Å². The second-order valence-electron chi connectivity index (χ2n) is 5.24. The van der Waals surface area contributed by atoms with E-state index < -0.39 is 0 Å². The summed E-state index contributed by atoms with van der Waals surface area (Å²) >= 11 is 6.11. The first-order valence-electron chi connectivity index (χ1n) is 7.08. The van der Waals surface area contributed by atoms with Crippen LogP contribution in [-0.4, -0.2) is 36.2 Å². The number of anilines is 1. The average Bonchev–Trinajstić information content (AvgIpc) is 2.55. The molecule has 2 heterocycles. The summed E-state index contributed by atoms with van der Waals surface area (Å²) in [6, 6.07) is 7.88. The van der Waals surface area contributed by atoms with E-state index in [0.29, 0.717) is 5.15 Å². The Hall–Kier alpha value is -1.88. The number of hydrogen-bond acceptors (Lipinski definition) is 4. The van der Waals surface area contributed by atoms with Crippen molar-refractivity contribution in [2.24, 2.45) is 5.92 Å². The number of nitrogens with one attached hydrogen (secondary N) is 1. The lowest BCUT2D eigenvalue weighted by Crippen LogP contribution is -2.40. The molecule has 21 heavy (non-hydrogen) atoms. The van der Waals surface area contributed by atoms with Crippen LogP contribution in [0.15, 0.2) is 24.3 Å². The smallest absolute Gasteiger partial charge is 0.222 e. The minimum atomic E-state index is 0.0952. The van der Waals surface area contributed by atoms with Gasteiger partial charge in [0.1, 0.15) is 0 Å². The summed E-state index contributed by atoms with van der Waals surface area (Å²) in [4.78, 5) is 13.9. The van der Waals surface area contributed by atoms with E-state index in [0.717, 1.165) is 42.5 Å². The van der Waals surface area contributed by atoms with Crippen LogP contribution in [0.5, 0.6) is 0 Å². The molecule has 5 nitrogen and oxygen atoms in total. The number of benzene rings is 1. The maximum absolute atomic E-state index is 11.7. The topological polar surface area (TPSA) is 58.1 Å². The number of nitrogens with zero attached hydrogens (tertiary/aromatic N) is 3. The van der Waals surface area contributed by atoms with Crippen LogP contribution in [-0.2, 0) is 4.79 Å². The Kier molecular flexibility index (Phi) is 3.92. The number of carbonyl (C=O) groups excluding carboxylic acids is 1. The van der Waals surface area contributed by atoms with Crippen molar-refractivity contribution in [2.75, 3.05) is 25.0 Å². The van der Waals surface area contributed by atoms with Crippen LogP contribution in [0, 0.1) is 5.92 Å². The van der Waals surface area contributed by atoms with Gasteiger partial charge in [0.2, 0.25) is 5.91 Å². The third kappa shape index (κ3) is 2.65. The molecule has 0 spiro atoms. The molecule has 0 unspecified atom stereocenters. The first kappa shape index (κ1) is 14.1. The van der Waals surface area contributed by atoms with Gasteiger partial charge in [-0.1, -0.05) is 35.9 Å². The van der Waals surface area contributed by atoms with Crippen molar-refractivity contribution in [3.8, 4) is 0 Å². The lowest BCUT2D eigenvalue weighted by atomic mass is 9.96. The highest BCUT2D eigenvalue weighted by molar-refractivity contribution is 6.34. The zero-order valence-electron chi connectivity index (χ0n) is 11.8. The van der Waals surface area contributed by atoms with Crippen LogP contribution in [0.1, 0.15) is 12.8 Å². The normalized spacial score (nSPS) is 16.2. The second-order valence-corrected chi connectivity index (χ2v) is 5.59. The van der Waals surface area contributed by atoms with Gasteiger partial charge in [-0.05, 0) is 12.8 Å². The number of carbonyl (C=O) groups is 1. The number of hydrogen-bond donors (Lipinski definition) is 1. The number of amides is 1. The van der Waals surface area contributed by atoms with Gasteiger partial charge < -0.3 is 10.2 Å². The van der Waals surface area contributed by atoms with Crippen molar-refractivity contribution >= 4 is 34.1 Å². The van der Waals surface area contributed by atoms with Crippen LogP contribution in [0.2, 0.25) is 5.15 Å². The molecule has 1 aliphatic heterocycles. The third-order valence-electron chi connectivity index (χ3n) is 4.03. The van der Waals surface area contributed by atoms with Crippen molar-refractivity contribution in [2.45, 2.75) is 12.8 Å². The largest absolute Gasteiger partial charge is 0.359 e. The molecule has 1 aromatic carbocycles. The minimum Gasteiger partial charge on any atom is -0.359 e. The molecule has 1 aliphatic rings. The summed E-state index contributed by atoms with van der Waals surface area (Å²) < 4.78 is 0. The number of aromatic nitrogens is 2. The molecule has 1 saturated heterocycles. The van der Waals surface area contributed by atoms with Crippen LogP contribution < -0.4 is 10.2 Å². The number of rotatable bonds is 2. The summed E-state index contributed by atoms with van der Waals surface area (Å²) in [7, 11) is 1.69. The fourth-order valence-corrected chi connectivity index (χ4v) is 3.05. The first-order chi connectivity index (χ1) is 10.2. The van der Waals surface area contributed by atoms with Gasteiger partial charge in [-0.25, -0.2) is 0 Å². The SMILES string of the molecule is CNC(=O)C1CCN(c2nnc(Cl)c3ccccc23)CC1. The Labute approximate surface area is 128 Å². The highest BCUT2D eigenvalue weighted by Gasteiger charge is 2.26. The fourth-order valence-electron chi connectivity index (χ4n) is 2.85. The Balaban J connectivity index is 1.86. The van der Waals surface area contributed by atoms with E-state index >= 15 is 0 Å². The van der Waals surface area contributed by atoms with Crippen molar-refractivity contribution in [3.05, 3.63) is 29.4 Å². The Bertz CT molecular complexity index is 668. The van der Waals surface area contributed by atoms with Gasteiger partial charge in [0.25, 0.3) is 0 Å². The summed E-state index contributed by atoms with van der Waals surface area (Å²) in [6.07, 6.45) is 1.66. The molecule has 0 saturated carbocycles. The van der Waals surface area contributed by atoms with E-state index in [-0.39, 0.29) is 11.8 Å². The van der Waals surface area contributed by atoms with Crippen molar-refractivity contribution in [1.29, 1.82) is 0 Å². The predicted molar refractivity (Wildman–Crippen MR) is 83.6 cm³/mol. The number of halogens is 1. The van der Waals surface area contributed by atoms with E-state index in [1.807, 2.05) is 24.3 Å². The Morgan fingerprint density at radius 3 is 2.57 bits per heavy atom. The van der Waals surface area contributed by atoms with Crippen molar-refractivity contribution < 1.29 is 4.79 Å². The molecule has 1 aromatic heterocycles. The van der Waals surface area contributed by atoms with Crippen molar-refractivity contribution in [3.63, 3.8) is 0 Å². The van der Waals surface area contributed by atoms with E-state index in [1.54, 1.807) is 7.05 Å². The molecule has 0 radical (unpaired) electrons. The van der Waals surface area contributed by atoms with Crippen LogP contribution >= 0.6 is 11.6 Å². The van der Waals surface area contributed by atoms with Crippen molar-refractivity contribution in [1.82, 2.24) is 15.5 Å². The summed E-state index contributed by atoms with van der Waals surface area (Å²) in [5.41, 5.74) is 0. The van der Waals surface area contributed by atoms with Gasteiger partial charge >= 0.3 is 0 Å². The lowest BCUT2D eigenvalue weighted by molar-refractivity contribution is -0.125. The standard InChI is InChI=1S/C15H17ClN4O/c1-17-15(21)10-6-8-20(9-7-10)14-12-5-3-2-4-11(12)13(16)18-19-14/h2-5,10H,6-9H2,1H3,(H,17,21). The van der Waals surface area contributed by atoms with E-state index in [1.165, 1.54) is 0 Å². The van der Waals surface area contributed by atoms with Gasteiger partial charge in [0.05, 0.1) is 0 Å². The third-order valence-corrected chi connectivity index (χ3v) is 4.31. The molecule has 1 N–H and O–H groups in total. The molecular weight excluding hydrogens is 288 g/mol. The monoisotopic (exact) mass is 304 g/mol. The molecule has 1 amide bonds. The summed E-state index contributed by atoms with van der Waals surface area (Å²) in [6.45, 7) is 1.61.